The maximum absolute atomic E-state index is 11.2. The SMILES string of the molecule is N[C@@H](CC1=C(C(=O)O)ON(Cc2ccccc2)C1O)C(=O)O. The third-order valence-electron chi connectivity index (χ3n) is 3.22. The van der Waals surface area contributed by atoms with Crippen LogP contribution in [0.25, 0.3) is 0 Å². The molecule has 0 saturated carbocycles. The van der Waals surface area contributed by atoms with Crippen molar-refractivity contribution in [3.05, 3.63) is 47.2 Å². The molecular weight excluding hydrogens is 292 g/mol. The molecule has 0 amide bonds. The molecule has 0 radical (unpaired) electrons. The van der Waals surface area contributed by atoms with Crippen LogP contribution >= 0.6 is 0 Å². The molecule has 0 aromatic heterocycles. The van der Waals surface area contributed by atoms with Crippen molar-refractivity contribution in [3.8, 4) is 0 Å². The fourth-order valence-corrected chi connectivity index (χ4v) is 2.10. The molecule has 1 aliphatic rings. The fraction of sp³-hybridized carbons (Fsp3) is 0.286. The van der Waals surface area contributed by atoms with Crippen LogP contribution in [0.2, 0.25) is 0 Å². The van der Waals surface area contributed by atoms with Crippen LogP contribution in [0.3, 0.4) is 0 Å². The van der Waals surface area contributed by atoms with E-state index in [1.165, 1.54) is 0 Å². The van der Waals surface area contributed by atoms with Gasteiger partial charge in [0.1, 0.15) is 6.04 Å². The molecule has 5 N–H and O–H groups in total. The first-order valence-electron chi connectivity index (χ1n) is 6.51. The summed E-state index contributed by atoms with van der Waals surface area (Å²) < 4.78 is 0. The van der Waals surface area contributed by atoms with Crippen molar-refractivity contribution in [2.45, 2.75) is 25.2 Å². The zero-order chi connectivity index (χ0) is 16.3. The zero-order valence-electron chi connectivity index (χ0n) is 11.5. The van der Waals surface area contributed by atoms with Crippen LogP contribution in [0.1, 0.15) is 12.0 Å². The maximum Gasteiger partial charge on any atom is 0.373 e. The minimum absolute atomic E-state index is 0.0571. The van der Waals surface area contributed by atoms with E-state index in [-0.39, 0.29) is 18.5 Å². The highest BCUT2D eigenvalue weighted by Crippen LogP contribution is 2.29. The standard InChI is InChI=1S/C14H16N2O6/c15-10(13(18)19)6-9-11(14(20)21)22-16(12(9)17)7-8-4-2-1-3-5-8/h1-5,10,12,17H,6-7,15H2,(H,18,19)(H,20,21)/t10-,12?/m0/s1. The van der Waals surface area contributed by atoms with Gasteiger partial charge in [0.05, 0.1) is 6.54 Å². The molecule has 0 aliphatic carbocycles. The summed E-state index contributed by atoms with van der Waals surface area (Å²) in [7, 11) is 0. The van der Waals surface area contributed by atoms with Gasteiger partial charge in [0.15, 0.2) is 6.23 Å². The van der Waals surface area contributed by atoms with Crippen LogP contribution in [-0.2, 0) is 21.0 Å². The molecule has 8 nitrogen and oxygen atoms in total. The van der Waals surface area contributed by atoms with Crippen molar-refractivity contribution < 1.29 is 29.7 Å². The highest BCUT2D eigenvalue weighted by molar-refractivity contribution is 5.86. The van der Waals surface area contributed by atoms with Crippen molar-refractivity contribution >= 4 is 11.9 Å². The van der Waals surface area contributed by atoms with Gasteiger partial charge in [-0.25, -0.2) is 4.79 Å². The molecule has 0 fully saturated rings. The largest absolute Gasteiger partial charge is 0.480 e. The number of hydrogen-bond donors (Lipinski definition) is 4. The molecule has 1 aromatic rings. The lowest BCUT2D eigenvalue weighted by molar-refractivity contribution is -0.187. The van der Waals surface area contributed by atoms with Gasteiger partial charge in [-0.05, 0) is 5.56 Å². The monoisotopic (exact) mass is 308 g/mol. The van der Waals surface area contributed by atoms with E-state index in [1.54, 1.807) is 24.3 Å². The lowest BCUT2D eigenvalue weighted by atomic mass is 10.0. The Hall–Kier alpha value is -2.42. The van der Waals surface area contributed by atoms with Crippen LogP contribution in [0.15, 0.2) is 41.7 Å². The molecule has 1 heterocycles. The van der Waals surface area contributed by atoms with E-state index in [1.807, 2.05) is 6.07 Å². The van der Waals surface area contributed by atoms with Crippen LogP contribution in [-0.4, -0.2) is 44.6 Å². The number of benzene rings is 1. The van der Waals surface area contributed by atoms with E-state index in [4.69, 9.17) is 20.8 Å². The third kappa shape index (κ3) is 3.42. The van der Waals surface area contributed by atoms with Gasteiger partial charge < -0.3 is 25.9 Å². The van der Waals surface area contributed by atoms with Crippen molar-refractivity contribution in [2.24, 2.45) is 5.73 Å². The number of hydrogen-bond acceptors (Lipinski definition) is 6. The van der Waals surface area contributed by atoms with Gasteiger partial charge in [0, 0.05) is 12.0 Å². The average Bonchev–Trinajstić information content (AvgIpc) is 2.77. The number of carboxylic acids is 2. The Kier molecular flexibility index (Phi) is 4.76. The number of nitrogens with zero attached hydrogens (tertiary/aromatic N) is 1. The molecule has 2 atom stereocenters. The Morgan fingerprint density at radius 3 is 2.45 bits per heavy atom. The summed E-state index contributed by atoms with van der Waals surface area (Å²) in [5.74, 6) is -3.16. The lowest BCUT2D eigenvalue weighted by Gasteiger charge is -2.20. The first-order chi connectivity index (χ1) is 10.4. The molecule has 0 saturated heterocycles. The fourth-order valence-electron chi connectivity index (χ4n) is 2.10. The molecule has 0 bridgehead atoms. The Morgan fingerprint density at radius 1 is 1.27 bits per heavy atom. The summed E-state index contributed by atoms with van der Waals surface area (Å²) in [5, 5.41) is 29.2. The van der Waals surface area contributed by atoms with E-state index >= 15 is 0 Å². The molecule has 1 aliphatic heterocycles. The van der Waals surface area contributed by atoms with Crippen LogP contribution in [0.4, 0.5) is 0 Å². The Labute approximate surface area is 126 Å². The van der Waals surface area contributed by atoms with Gasteiger partial charge in [-0.1, -0.05) is 30.3 Å². The van der Waals surface area contributed by atoms with Crippen molar-refractivity contribution in [3.63, 3.8) is 0 Å². The summed E-state index contributed by atoms with van der Waals surface area (Å²) in [4.78, 5) is 27.2. The van der Waals surface area contributed by atoms with Crippen molar-refractivity contribution in [1.29, 1.82) is 0 Å². The van der Waals surface area contributed by atoms with E-state index in [9.17, 15) is 14.7 Å². The summed E-state index contributed by atoms with van der Waals surface area (Å²) in [6.45, 7) is 0.143. The number of carboxylic acid groups (broad SMARTS) is 2. The first kappa shape index (κ1) is 16.0. The van der Waals surface area contributed by atoms with Crippen LogP contribution < -0.4 is 5.73 Å². The Bertz CT molecular complexity index is 601. The number of nitrogens with two attached hydrogens (primary N) is 1. The predicted octanol–water partition coefficient (Wildman–Crippen LogP) is -0.107. The third-order valence-corrected chi connectivity index (χ3v) is 3.22. The zero-order valence-corrected chi connectivity index (χ0v) is 11.5. The number of aliphatic carboxylic acids is 2. The van der Waals surface area contributed by atoms with Crippen LogP contribution in [0, 0.1) is 0 Å². The van der Waals surface area contributed by atoms with Crippen LogP contribution in [0.5, 0.6) is 0 Å². The molecule has 1 unspecified atom stereocenters. The molecule has 118 valence electrons. The lowest BCUT2D eigenvalue weighted by Crippen LogP contribution is -2.35. The molecule has 2 rings (SSSR count). The minimum Gasteiger partial charge on any atom is -0.480 e. The first-order valence-corrected chi connectivity index (χ1v) is 6.51. The highest BCUT2D eigenvalue weighted by atomic mass is 16.7. The number of rotatable bonds is 6. The number of carbonyl (C=O) groups is 2. The normalized spacial score (nSPS) is 19.8. The second-order valence-electron chi connectivity index (χ2n) is 4.83. The van der Waals surface area contributed by atoms with Gasteiger partial charge in [0.2, 0.25) is 5.76 Å². The second kappa shape index (κ2) is 6.56. The quantitative estimate of drug-likeness (QED) is 0.572. The molecule has 0 spiro atoms. The molecule has 22 heavy (non-hydrogen) atoms. The van der Waals surface area contributed by atoms with E-state index in [2.05, 4.69) is 0 Å². The van der Waals surface area contributed by atoms with E-state index < -0.39 is 30.0 Å². The predicted molar refractivity (Wildman–Crippen MR) is 74.0 cm³/mol. The number of aliphatic hydroxyl groups excluding tert-OH is 1. The van der Waals surface area contributed by atoms with Gasteiger partial charge in [-0.15, -0.1) is 5.06 Å². The van der Waals surface area contributed by atoms with Crippen molar-refractivity contribution in [2.75, 3.05) is 0 Å². The summed E-state index contributed by atoms with van der Waals surface area (Å²) in [5.41, 5.74) is 6.15. The van der Waals surface area contributed by atoms with E-state index in [0.717, 1.165) is 10.6 Å². The topological polar surface area (TPSA) is 133 Å². The minimum atomic E-state index is -1.39. The van der Waals surface area contributed by atoms with Gasteiger partial charge in [-0.3, -0.25) is 4.79 Å². The Morgan fingerprint density at radius 2 is 1.91 bits per heavy atom. The average molecular weight is 308 g/mol. The highest BCUT2D eigenvalue weighted by Gasteiger charge is 2.38. The van der Waals surface area contributed by atoms with Gasteiger partial charge in [0.25, 0.3) is 0 Å². The number of hydroxylamine groups is 2. The van der Waals surface area contributed by atoms with Crippen molar-refractivity contribution in [1.82, 2.24) is 5.06 Å². The molecule has 8 heteroatoms. The van der Waals surface area contributed by atoms with Gasteiger partial charge in [-0.2, -0.15) is 0 Å². The smallest absolute Gasteiger partial charge is 0.373 e. The second-order valence-corrected chi connectivity index (χ2v) is 4.83. The number of aliphatic hydroxyl groups is 1. The summed E-state index contributed by atoms with van der Waals surface area (Å²) >= 11 is 0. The molecule has 1 aromatic carbocycles. The molecular formula is C14H16N2O6. The van der Waals surface area contributed by atoms with Gasteiger partial charge >= 0.3 is 11.9 Å². The Balaban J connectivity index is 2.17. The summed E-state index contributed by atoms with van der Waals surface area (Å²) in [6.07, 6.45) is -1.68. The maximum atomic E-state index is 11.2. The van der Waals surface area contributed by atoms with E-state index in [0.29, 0.717) is 0 Å². The summed E-state index contributed by atoms with van der Waals surface area (Å²) in [6, 6.07) is 7.67.